The maximum atomic E-state index is 12.9. The van der Waals surface area contributed by atoms with Gasteiger partial charge in [0.1, 0.15) is 12.1 Å². The maximum Gasteiger partial charge on any atom is 0.328 e. The molecular weight excluding hydrogens is 442 g/mol. The van der Waals surface area contributed by atoms with Gasteiger partial charge in [0.15, 0.2) is 6.04 Å². The quantitative estimate of drug-likeness (QED) is 0.119. The third-order valence-corrected chi connectivity index (χ3v) is 4.88. The normalized spacial score (nSPS) is 16.3. The SMILES string of the molecule is CCC(C)C(NC(=O)C(N)CCC(=O)O)C(=O)NC(CC(N)=O)C(=O)NC(C(=O)O)C(C)O. The van der Waals surface area contributed by atoms with E-state index in [2.05, 4.69) is 10.6 Å². The van der Waals surface area contributed by atoms with Crippen LogP contribution in [-0.4, -0.2) is 81.2 Å². The van der Waals surface area contributed by atoms with Crippen molar-refractivity contribution in [3.63, 3.8) is 0 Å². The van der Waals surface area contributed by atoms with Crippen LogP contribution in [-0.2, 0) is 28.8 Å². The average molecular weight is 475 g/mol. The summed E-state index contributed by atoms with van der Waals surface area (Å²) in [6.45, 7) is 4.49. The third-order valence-electron chi connectivity index (χ3n) is 4.88. The molecule has 0 saturated heterocycles. The molecule has 0 aliphatic rings. The predicted molar refractivity (Wildman–Crippen MR) is 113 cm³/mol. The summed E-state index contributed by atoms with van der Waals surface area (Å²) in [6.07, 6.45) is -2.26. The zero-order chi connectivity index (χ0) is 25.9. The van der Waals surface area contributed by atoms with Crippen LogP contribution < -0.4 is 27.4 Å². The Morgan fingerprint density at radius 1 is 0.879 bits per heavy atom. The number of carbonyl (C=O) groups excluding carboxylic acids is 4. The van der Waals surface area contributed by atoms with E-state index in [1.807, 2.05) is 5.32 Å². The fourth-order valence-electron chi connectivity index (χ4n) is 2.69. The highest BCUT2D eigenvalue weighted by molar-refractivity contribution is 5.96. The van der Waals surface area contributed by atoms with Gasteiger partial charge in [-0.1, -0.05) is 20.3 Å². The summed E-state index contributed by atoms with van der Waals surface area (Å²) in [7, 11) is 0. The molecule has 0 aliphatic heterocycles. The van der Waals surface area contributed by atoms with Crippen LogP contribution in [0.25, 0.3) is 0 Å². The number of hydrogen-bond donors (Lipinski definition) is 8. The fraction of sp³-hybridized carbons (Fsp3) is 0.684. The van der Waals surface area contributed by atoms with Crippen LogP contribution in [0.4, 0.5) is 0 Å². The largest absolute Gasteiger partial charge is 0.481 e. The fourth-order valence-corrected chi connectivity index (χ4v) is 2.69. The second-order valence-corrected chi connectivity index (χ2v) is 7.71. The second kappa shape index (κ2) is 14.0. The van der Waals surface area contributed by atoms with E-state index in [1.165, 1.54) is 0 Å². The van der Waals surface area contributed by atoms with Gasteiger partial charge in [0.05, 0.1) is 18.6 Å². The molecule has 0 saturated carbocycles. The molecule has 0 fully saturated rings. The summed E-state index contributed by atoms with van der Waals surface area (Å²) in [5.74, 6) is -6.85. The van der Waals surface area contributed by atoms with E-state index in [1.54, 1.807) is 13.8 Å². The first-order valence-electron chi connectivity index (χ1n) is 10.3. The van der Waals surface area contributed by atoms with E-state index in [0.29, 0.717) is 6.42 Å². The van der Waals surface area contributed by atoms with Crippen LogP contribution in [0.3, 0.4) is 0 Å². The minimum absolute atomic E-state index is 0.168. The van der Waals surface area contributed by atoms with Gasteiger partial charge in [0.25, 0.3) is 0 Å². The van der Waals surface area contributed by atoms with Crippen LogP contribution in [0.1, 0.15) is 46.5 Å². The number of nitrogens with two attached hydrogens (primary N) is 2. The molecule has 14 heteroatoms. The van der Waals surface area contributed by atoms with Gasteiger partial charge in [-0.3, -0.25) is 24.0 Å². The van der Waals surface area contributed by atoms with Crippen molar-refractivity contribution in [3.05, 3.63) is 0 Å². The average Bonchev–Trinajstić information content (AvgIpc) is 2.71. The van der Waals surface area contributed by atoms with Crippen molar-refractivity contribution in [2.75, 3.05) is 0 Å². The number of carbonyl (C=O) groups is 6. The smallest absolute Gasteiger partial charge is 0.328 e. The Morgan fingerprint density at radius 3 is 1.85 bits per heavy atom. The number of aliphatic hydroxyl groups is 1. The molecule has 0 aromatic rings. The number of aliphatic carboxylic acids is 2. The Labute approximate surface area is 190 Å². The van der Waals surface area contributed by atoms with Gasteiger partial charge < -0.3 is 42.7 Å². The summed E-state index contributed by atoms with van der Waals surface area (Å²) in [5, 5.41) is 34.1. The van der Waals surface area contributed by atoms with Gasteiger partial charge >= 0.3 is 11.9 Å². The lowest BCUT2D eigenvalue weighted by molar-refractivity contribution is -0.145. The Balaban J connectivity index is 5.54. The number of carboxylic acid groups (broad SMARTS) is 2. The summed E-state index contributed by atoms with van der Waals surface area (Å²) in [6, 6.07) is -5.69. The van der Waals surface area contributed by atoms with E-state index in [9.17, 15) is 33.9 Å². The highest BCUT2D eigenvalue weighted by Crippen LogP contribution is 2.10. The Hall–Kier alpha value is -3.26. The molecule has 6 atom stereocenters. The van der Waals surface area contributed by atoms with E-state index < -0.39 is 78.2 Å². The van der Waals surface area contributed by atoms with Crippen LogP contribution in [0.5, 0.6) is 0 Å². The minimum Gasteiger partial charge on any atom is -0.481 e. The van der Waals surface area contributed by atoms with Crippen LogP contribution in [0, 0.1) is 5.92 Å². The van der Waals surface area contributed by atoms with Gasteiger partial charge in [-0.2, -0.15) is 0 Å². The Kier molecular flexibility index (Phi) is 12.6. The van der Waals surface area contributed by atoms with Crippen molar-refractivity contribution in [1.29, 1.82) is 0 Å². The zero-order valence-corrected chi connectivity index (χ0v) is 18.7. The zero-order valence-electron chi connectivity index (χ0n) is 18.7. The van der Waals surface area contributed by atoms with Crippen molar-refractivity contribution >= 4 is 35.6 Å². The van der Waals surface area contributed by atoms with Gasteiger partial charge in [-0.05, 0) is 19.3 Å². The van der Waals surface area contributed by atoms with Crippen molar-refractivity contribution < 1.29 is 44.1 Å². The van der Waals surface area contributed by atoms with Crippen molar-refractivity contribution in [1.82, 2.24) is 16.0 Å². The highest BCUT2D eigenvalue weighted by Gasteiger charge is 2.34. The van der Waals surface area contributed by atoms with Crippen molar-refractivity contribution in [2.45, 2.75) is 76.7 Å². The number of nitrogens with one attached hydrogen (secondary N) is 3. The Bertz CT molecular complexity index is 743. The maximum absolute atomic E-state index is 12.9. The first-order chi connectivity index (χ1) is 15.2. The van der Waals surface area contributed by atoms with Crippen molar-refractivity contribution in [3.8, 4) is 0 Å². The minimum atomic E-state index is -1.71. The number of primary amides is 1. The number of carboxylic acids is 2. The summed E-state index contributed by atoms with van der Waals surface area (Å²) >= 11 is 0. The topological polar surface area (TPSA) is 251 Å². The van der Waals surface area contributed by atoms with Crippen LogP contribution >= 0.6 is 0 Å². The number of hydrogen-bond acceptors (Lipinski definition) is 8. The van der Waals surface area contributed by atoms with E-state index in [4.69, 9.17) is 21.7 Å². The third kappa shape index (κ3) is 10.7. The number of amides is 4. The van der Waals surface area contributed by atoms with Crippen molar-refractivity contribution in [2.24, 2.45) is 17.4 Å². The molecule has 6 unspecified atom stereocenters. The lowest BCUT2D eigenvalue weighted by Crippen LogP contribution is -2.60. The van der Waals surface area contributed by atoms with Gasteiger partial charge in [-0.25, -0.2) is 4.79 Å². The lowest BCUT2D eigenvalue weighted by atomic mass is 9.97. The second-order valence-electron chi connectivity index (χ2n) is 7.71. The van der Waals surface area contributed by atoms with Gasteiger partial charge in [0.2, 0.25) is 23.6 Å². The number of rotatable bonds is 15. The summed E-state index contributed by atoms with van der Waals surface area (Å²) in [4.78, 5) is 71.0. The first-order valence-corrected chi connectivity index (χ1v) is 10.3. The van der Waals surface area contributed by atoms with Crippen LogP contribution in [0.2, 0.25) is 0 Å². The monoisotopic (exact) mass is 475 g/mol. The summed E-state index contributed by atoms with van der Waals surface area (Å²) in [5.41, 5.74) is 10.8. The van der Waals surface area contributed by atoms with Gasteiger partial charge in [-0.15, -0.1) is 0 Å². The molecule has 14 nitrogen and oxygen atoms in total. The summed E-state index contributed by atoms with van der Waals surface area (Å²) < 4.78 is 0. The van der Waals surface area contributed by atoms with E-state index >= 15 is 0 Å². The molecule has 0 heterocycles. The molecule has 0 radical (unpaired) electrons. The highest BCUT2D eigenvalue weighted by atomic mass is 16.4. The number of aliphatic hydroxyl groups excluding tert-OH is 1. The van der Waals surface area contributed by atoms with Gasteiger partial charge in [0, 0.05) is 6.42 Å². The molecule has 0 aromatic heterocycles. The van der Waals surface area contributed by atoms with E-state index in [-0.39, 0.29) is 12.8 Å². The molecule has 4 amide bonds. The van der Waals surface area contributed by atoms with Crippen LogP contribution in [0.15, 0.2) is 0 Å². The molecule has 0 bridgehead atoms. The lowest BCUT2D eigenvalue weighted by Gasteiger charge is -2.28. The first kappa shape index (κ1) is 29.7. The predicted octanol–water partition coefficient (Wildman–Crippen LogP) is -2.98. The molecule has 33 heavy (non-hydrogen) atoms. The molecule has 0 aliphatic carbocycles. The Morgan fingerprint density at radius 2 is 1.42 bits per heavy atom. The standard InChI is InChI=1S/C19H33N5O9/c1-4-8(2)14(23-16(29)10(20)5-6-13(27)28)18(31)22-11(7-12(21)26)17(30)24-15(9(3)25)19(32)33/h8-11,14-15,25H,4-7,20H2,1-3H3,(H2,21,26)(H,22,31)(H,23,29)(H,24,30)(H,27,28)(H,32,33). The molecular formula is C19H33N5O9. The molecule has 0 spiro atoms. The molecule has 0 rings (SSSR count). The molecule has 0 aromatic carbocycles. The molecule has 188 valence electrons. The van der Waals surface area contributed by atoms with E-state index in [0.717, 1.165) is 6.92 Å². The molecule has 10 N–H and O–H groups in total.